The maximum Gasteiger partial charge on any atom is 0.255 e. The van der Waals surface area contributed by atoms with Gasteiger partial charge in [-0.2, -0.15) is 5.10 Å². The largest absolute Gasteiger partial charge is 0.350 e. The van der Waals surface area contributed by atoms with Crippen molar-refractivity contribution >= 4 is 11.8 Å². The van der Waals surface area contributed by atoms with E-state index in [0.29, 0.717) is 11.3 Å². The number of nitrogens with zero attached hydrogens (tertiary/aromatic N) is 2. The molecule has 0 aliphatic heterocycles. The summed E-state index contributed by atoms with van der Waals surface area (Å²) in [4.78, 5) is 24.0. The minimum atomic E-state index is -0.431. The van der Waals surface area contributed by atoms with Gasteiger partial charge in [-0.25, -0.2) is 9.07 Å². The van der Waals surface area contributed by atoms with E-state index in [4.69, 9.17) is 0 Å². The monoisotopic (exact) mass is 332 g/mol. The van der Waals surface area contributed by atoms with E-state index in [2.05, 4.69) is 15.7 Å². The first kappa shape index (κ1) is 17.7. The molecule has 0 aliphatic carbocycles. The van der Waals surface area contributed by atoms with Gasteiger partial charge in [-0.15, -0.1) is 0 Å². The fourth-order valence-electron chi connectivity index (χ4n) is 2.22. The molecule has 0 spiro atoms. The summed E-state index contributed by atoms with van der Waals surface area (Å²) >= 11 is 0. The van der Waals surface area contributed by atoms with Gasteiger partial charge in [0.2, 0.25) is 5.91 Å². The van der Waals surface area contributed by atoms with Crippen LogP contribution in [0, 0.1) is 12.7 Å². The normalized spacial score (nSPS) is 11.2. The molecule has 24 heavy (non-hydrogen) atoms. The van der Waals surface area contributed by atoms with Gasteiger partial charge in [0.1, 0.15) is 11.5 Å². The molecule has 1 aromatic carbocycles. The predicted molar refractivity (Wildman–Crippen MR) is 88.5 cm³/mol. The molecule has 1 heterocycles. The van der Waals surface area contributed by atoms with Crippen LogP contribution < -0.4 is 10.6 Å². The van der Waals surface area contributed by atoms with E-state index in [0.717, 1.165) is 0 Å². The number of para-hydroxylation sites is 1. The Morgan fingerprint density at radius 1 is 1.25 bits per heavy atom. The standard InChI is InChI=1S/C17H21FN4O2/c1-11-12(16(24)19-10-15(23)21-17(2,3)4)9-20-22(11)14-8-6-5-7-13(14)18/h5-9H,10H2,1-4H3,(H,19,24)(H,21,23). The highest BCUT2D eigenvalue weighted by Crippen LogP contribution is 2.16. The summed E-state index contributed by atoms with van der Waals surface area (Å²) in [5.74, 6) is -1.14. The first-order valence-corrected chi connectivity index (χ1v) is 7.58. The predicted octanol–water partition coefficient (Wildman–Crippen LogP) is 1.96. The summed E-state index contributed by atoms with van der Waals surface area (Å²) < 4.78 is 15.2. The van der Waals surface area contributed by atoms with Crippen LogP contribution in [0.2, 0.25) is 0 Å². The summed E-state index contributed by atoms with van der Waals surface area (Å²) in [6, 6.07) is 6.18. The van der Waals surface area contributed by atoms with Crippen molar-refractivity contribution in [1.82, 2.24) is 20.4 Å². The van der Waals surface area contributed by atoms with Crippen molar-refractivity contribution < 1.29 is 14.0 Å². The zero-order valence-electron chi connectivity index (χ0n) is 14.2. The zero-order chi connectivity index (χ0) is 17.9. The number of halogens is 1. The van der Waals surface area contributed by atoms with Gasteiger partial charge in [-0.1, -0.05) is 12.1 Å². The number of carbonyl (C=O) groups excluding carboxylic acids is 2. The van der Waals surface area contributed by atoms with Gasteiger partial charge in [0.15, 0.2) is 0 Å². The van der Waals surface area contributed by atoms with Gasteiger partial charge in [0, 0.05) is 5.54 Å². The van der Waals surface area contributed by atoms with Crippen molar-refractivity contribution in [2.75, 3.05) is 6.54 Å². The SMILES string of the molecule is Cc1c(C(=O)NCC(=O)NC(C)(C)C)cnn1-c1ccccc1F. The number of hydrogen-bond donors (Lipinski definition) is 2. The molecule has 0 fully saturated rings. The Bertz CT molecular complexity index is 762. The summed E-state index contributed by atoms with van der Waals surface area (Å²) in [5.41, 5.74) is 0.683. The molecular formula is C17H21FN4O2. The second kappa shape index (κ2) is 6.82. The van der Waals surface area contributed by atoms with Crippen molar-refractivity contribution in [3.8, 4) is 5.69 Å². The first-order chi connectivity index (χ1) is 11.2. The highest BCUT2D eigenvalue weighted by molar-refractivity contribution is 5.97. The Morgan fingerprint density at radius 3 is 2.54 bits per heavy atom. The smallest absolute Gasteiger partial charge is 0.255 e. The third kappa shape index (κ3) is 4.18. The van der Waals surface area contributed by atoms with E-state index in [1.165, 1.54) is 16.9 Å². The lowest BCUT2D eigenvalue weighted by molar-refractivity contribution is -0.121. The zero-order valence-corrected chi connectivity index (χ0v) is 14.2. The van der Waals surface area contributed by atoms with Crippen LogP contribution in [0.25, 0.3) is 5.69 Å². The average Bonchev–Trinajstić information content (AvgIpc) is 2.85. The van der Waals surface area contributed by atoms with Crippen molar-refractivity contribution in [1.29, 1.82) is 0 Å². The number of aromatic nitrogens is 2. The third-order valence-electron chi connectivity index (χ3n) is 3.26. The lowest BCUT2D eigenvalue weighted by atomic mass is 10.1. The molecule has 0 saturated heterocycles. The molecule has 6 nitrogen and oxygen atoms in total. The van der Waals surface area contributed by atoms with Gasteiger partial charge in [0.25, 0.3) is 5.91 Å². The Labute approximate surface area is 140 Å². The number of amides is 2. The fourth-order valence-corrected chi connectivity index (χ4v) is 2.22. The van der Waals surface area contributed by atoms with Crippen LogP contribution >= 0.6 is 0 Å². The van der Waals surface area contributed by atoms with Gasteiger partial charge < -0.3 is 10.6 Å². The average molecular weight is 332 g/mol. The minimum absolute atomic E-state index is 0.138. The number of hydrogen-bond acceptors (Lipinski definition) is 3. The molecule has 2 amide bonds. The number of carbonyl (C=O) groups is 2. The lowest BCUT2D eigenvalue weighted by Gasteiger charge is -2.20. The van der Waals surface area contributed by atoms with Crippen molar-refractivity contribution in [3.05, 3.63) is 47.5 Å². The van der Waals surface area contributed by atoms with E-state index in [1.807, 2.05) is 20.8 Å². The van der Waals surface area contributed by atoms with Crippen LogP contribution in [0.4, 0.5) is 4.39 Å². The molecule has 0 atom stereocenters. The van der Waals surface area contributed by atoms with Crippen LogP contribution in [0.3, 0.4) is 0 Å². The second-order valence-corrected chi connectivity index (χ2v) is 6.49. The molecule has 7 heteroatoms. The number of rotatable bonds is 4. The van der Waals surface area contributed by atoms with Crippen molar-refractivity contribution in [3.63, 3.8) is 0 Å². The van der Waals surface area contributed by atoms with Gasteiger partial charge in [0.05, 0.1) is 24.0 Å². The molecule has 2 rings (SSSR count). The number of benzene rings is 1. The molecular weight excluding hydrogens is 311 g/mol. The Kier molecular flexibility index (Phi) is 5.02. The van der Waals surface area contributed by atoms with E-state index < -0.39 is 11.7 Å². The van der Waals surface area contributed by atoms with Gasteiger partial charge >= 0.3 is 0 Å². The van der Waals surface area contributed by atoms with Crippen LogP contribution in [0.1, 0.15) is 36.8 Å². The molecule has 0 radical (unpaired) electrons. The summed E-state index contributed by atoms with van der Waals surface area (Å²) in [6.07, 6.45) is 1.36. The van der Waals surface area contributed by atoms with E-state index in [1.54, 1.807) is 25.1 Å². The topological polar surface area (TPSA) is 76.0 Å². The lowest BCUT2D eigenvalue weighted by Crippen LogP contribution is -2.45. The Balaban J connectivity index is 2.10. The molecule has 1 aromatic heterocycles. The molecule has 2 N–H and O–H groups in total. The molecule has 0 unspecified atom stereocenters. The Hall–Kier alpha value is -2.70. The van der Waals surface area contributed by atoms with E-state index in [9.17, 15) is 14.0 Å². The number of nitrogens with one attached hydrogen (secondary N) is 2. The first-order valence-electron chi connectivity index (χ1n) is 7.58. The van der Waals surface area contributed by atoms with Crippen LogP contribution in [-0.4, -0.2) is 33.7 Å². The minimum Gasteiger partial charge on any atom is -0.350 e. The van der Waals surface area contributed by atoms with Crippen LogP contribution in [0.15, 0.2) is 30.5 Å². The van der Waals surface area contributed by atoms with E-state index in [-0.39, 0.29) is 23.7 Å². The molecule has 0 saturated carbocycles. The highest BCUT2D eigenvalue weighted by Gasteiger charge is 2.18. The van der Waals surface area contributed by atoms with Gasteiger partial charge in [-0.3, -0.25) is 9.59 Å². The van der Waals surface area contributed by atoms with Crippen LogP contribution in [-0.2, 0) is 4.79 Å². The second-order valence-electron chi connectivity index (χ2n) is 6.49. The fraction of sp³-hybridized carbons (Fsp3) is 0.353. The highest BCUT2D eigenvalue weighted by atomic mass is 19.1. The summed E-state index contributed by atoms with van der Waals surface area (Å²) in [5, 5.41) is 9.37. The molecule has 2 aromatic rings. The molecule has 128 valence electrons. The summed E-state index contributed by atoms with van der Waals surface area (Å²) in [6.45, 7) is 7.10. The quantitative estimate of drug-likeness (QED) is 0.899. The Morgan fingerprint density at radius 2 is 1.92 bits per heavy atom. The maximum atomic E-state index is 13.9. The van der Waals surface area contributed by atoms with Crippen molar-refractivity contribution in [2.45, 2.75) is 33.2 Å². The van der Waals surface area contributed by atoms with E-state index >= 15 is 0 Å². The maximum absolute atomic E-state index is 13.9. The van der Waals surface area contributed by atoms with Gasteiger partial charge in [-0.05, 0) is 39.8 Å². The third-order valence-corrected chi connectivity index (χ3v) is 3.26. The molecule has 0 bridgehead atoms. The van der Waals surface area contributed by atoms with Crippen molar-refractivity contribution in [2.24, 2.45) is 0 Å². The molecule has 0 aliphatic rings. The summed E-state index contributed by atoms with van der Waals surface area (Å²) in [7, 11) is 0. The van der Waals surface area contributed by atoms with Crippen LogP contribution in [0.5, 0.6) is 0 Å².